The number of thioether (sulfide) groups is 2. The van der Waals surface area contributed by atoms with E-state index in [-0.39, 0.29) is 5.82 Å². The molecule has 0 saturated carbocycles. The van der Waals surface area contributed by atoms with Gasteiger partial charge in [-0.25, -0.2) is 4.39 Å². The summed E-state index contributed by atoms with van der Waals surface area (Å²) in [6, 6.07) is 2.90. The van der Waals surface area contributed by atoms with Gasteiger partial charge in [0.15, 0.2) is 0 Å². The van der Waals surface area contributed by atoms with Crippen LogP contribution in [0.3, 0.4) is 0 Å². The summed E-state index contributed by atoms with van der Waals surface area (Å²) in [6.07, 6.45) is 3.49. The Morgan fingerprint density at radius 3 is 1.86 bits per heavy atom. The zero-order valence-electron chi connectivity index (χ0n) is 7.82. The Morgan fingerprint density at radius 1 is 1.14 bits per heavy atom. The average Bonchev–Trinajstić information content (AvgIpc) is 2.17. The summed E-state index contributed by atoms with van der Waals surface area (Å²) < 4.78 is 13.5. The minimum atomic E-state index is -1.55. The number of halogens is 1. The van der Waals surface area contributed by atoms with E-state index < -0.39 is 7.12 Å². The lowest BCUT2D eigenvalue weighted by atomic mass is 9.80. The molecule has 0 aliphatic heterocycles. The van der Waals surface area contributed by atoms with Crippen LogP contribution in [0.2, 0.25) is 0 Å². The Labute approximate surface area is 91.1 Å². The molecule has 0 aliphatic rings. The molecular weight excluding hydrogens is 222 g/mol. The maximum absolute atomic E-state index is 13.5. The Hall–Kier alpha value is -0.165. The number of benzene rings is 1. The van der Waals surface area contributed by atoms with Gasteiger partial charge in [-0.3, -0.25) is 0 Å². The highest BCUT2D eigenvalue weighted by Crippen LogP contribution is 2.26. The van der Waals surface area contributed by atoms with E-state index in [1.165, 1.54) is 35.7 Å². The molecule has 0 aliphatic carbocycles. The van der Waals surface area contributed by atoms with Gasteiger partial charge in [-0.05, 0) is 30.1 Å². The van der Waals surface area contributed by atoms with Crippen LogP contribution in [0.15, 0.2) is 21.9 Å². The number of hydrogen-bond acceptors (Lipinski definition) is 4. The first-order valence-corrected chi connectivity index (χ1v) is 6.32. The normalized spacial score (nSPS) is 10.4. The van der Waals surface area contributed by atoms with E-state index in [1.54, 1.807) is 12.5 Å². The third-order valence-electron chi connectivity index (χ3n) is 1.77. The summed E-state index contributed by atoms with van der Waals surface area (Å²) in [4.78, 5) is 0.861. The van der Waals surface area contributed by atoms with E-state index >= 15 is 0 Å². The minimum absolute atomic E-state index is 0.297. The molecule has 0 spiro atoms. The predicted molar refractivity (Wildman–Crippen MR) is 59.8 cm³/mol. The van der Waals surface area contributed by atoms with Crippen molar-refractivity contribution in [2.45, 2.75) is 9.79 Å². The lowest BCUT2D eigenvalue weighted by Gasteiger charge is -2.08. The Balaban J connectivity index is 3.25. The van der Waals surface area contributed by atoms with Crippen molar-refractivity contribution in [3.05, 3.63) is 17.9 Å². The SMILES string of the molecule is CSc1cc(B(O)O)cc(SC)c1F. The molecule has 0 heterocycles. The molecule has 1 aromatic rings. The van der Waals surface area contributed by atoms with E-state index in [4.69, 9.17) is 10.0 Å². The van der Waals surface area contributed by atoms with Gasteiger partial charge in [-0.15, -0.1) is 23.5 Å². The summed E-state index contributed by atoms with van der Waals surface area (Å²) in [5.74, 6) is -0.297. The Morgan fingerprint density at radius 2 is 1.57 bits per heavy atom. The maximum Gasteiger partial charge on any atom is 0.488 e. The van der Waals surface area contributed by atoms with Gasteiger partial charge in [-0.1, -0.05) is 0 Å². The summed E-state index contributed by atoms with van der Waals surface area (Å²) in [5.41, 5.74) is 0.320. The van der Waals surface area contributed by atoms with Gasteiger partial charge in [0.05, 0.1) is 0 Å². The number of rotatable bonds is 3. The molecule has 0 saturated heterocycles. The topological polar surface area (TPSA) is 40.5 Å². The van der Waals surface area contributed by atoms with Crippen LogP contribution in [0.25, 0.3) is 0 Å². The molecule has 0 fully saturated rings. The molecule has 0 radical (unpaired) electrons. The molecule has 0 atom stereocenters. The van der Waals surface area contributed by atoms with Crippen molar-refractivity contribution in [1.82, 2.24) is 0 Å². The van der Waals surface area contributed by atoms with E-state index in [2.05, 4.69) is 0 Å². The highest BCUT2D eigenvalue weighted by Gasteiger charge is 2.16. The minimum Gasteiger partial charge on any atom is -0.423 e. The molecule has 6 heteroatoms. The quantitative estimate of drug-likeness (QED) is 0.601. The zero-order valence-corrected chi connectivity index (χ0v) is 9.45. The number of hydrogen-bond donors (Lipinski definition) is 2. The Bertz CT molecular complexity index is 308. The van der Waals surface area contributed by atoms with Crippen LogP contribution < -0.4 is 5.46 Å². The van der Waals surface area contributed by atoms with Gasteiger partial charge in [0.1, 0.15) is 5.82 Å². The van der Waals surface area contributed by atoms with E-state index in [1.807, 2.05) is 0 Å². The second-order valence-electron chi connectivity index (χ2n) is 2.61. The van der Waals surface area contributed by atoms with Crippen molar-refractivity contribution in [3.8, 4) is 0 Å². The molecule has 2 nitrogen and oxygen atoms in total. The van der Waals surface area contributed by atoms with E-state index in [9.17, 15) is 4.39 Å². The smallest absolute Gasteiger partial charge is 0.423 e. The summed E-state index contributed by atoms with van der Waals surface area (Å²) in [6.45, 7) is 0. The van der Waals surface area contributed by atoms with Crippen molar-refractivity contribution in [1.29, 1.82) is 0 Å². The van der Waals surface area contributed by atoms with Crippen molar-refractivity contribution < 1.29 is 14.4 Å². The first kappa shape index (κ1) is 11.9. The fourth-order valence-electron chi connectivity index (χ4n) is 1.04. The van der Waals surface area contributed by atoms with Gasteiger partial charge in [0.25, 0.3) is 0 Å². The average molecular weight is 232 g/mol. The van der Waals surface area contributed by atoms with Crippen molar-refractivity contribution in [3.63, 3.8) is 0 Å². The monoisotopic (exact) mass is 232 g/mol. The molecule has 76 valence electrons. The standard InChI is InChI=1S/C8H10BFO2S2/c1-13-6-3-5(9(11)12)4-7(14-2)8(6)10/h3-4,11-12H,1-2H3. The van der Waals surface area contributed by atoms with Gasteiger partial charge < -0.3 is 10.0 Å². The lowest BCUT2D eigenvalue weighted by Crippen LogP contribution is -2.30. The van der Waals surface area contributed by atoms with Gasteiger partial charge in [-0.2, -0.15) is 0 Å². The molecular formula is C8H10BFO2S2. The molecule has 0 unspecified atom stereocenters. The fraction of sp³-hybridized carbons (Fsp3) is 0.250. The Kier molecular flexibility index (Phi) is 4.31. The highest BCUT2D eigenvalue weighted by molar-refractivity contribution is 7.99. The van der Waals surface area contributed by atoms with Gasteiger partial charge >= 0.3 is 7.12 Å². The van der Waals surface area contributed by atoms with Crippen LogP contribution >= 0.6 is 23.5 Å². The van der Waals surface area contributed by atoms with E-state index in [0.717, 1.165) is 0 Å². The van der Waals surface area contributed by atoms with Gasteiger partial charge in [0, 0.05) is 9.79 Å². The summed E-state index contributed by atoms with van der Waals surface area (Å²) in [5, 5.41) is 17.9. The first-order valence-electron chi connectivity index (χ1n) is 3.87. The van der Waals surface area contributed by atoms with Crippen molar-refractivity contribution >= 4 is 36.1 Å². The van der Waals surface area contributed by atoms with Crippen LogP contribution in [0.4, 0.5) is 4.39 Å². The molecule has 0 bridgehead atoms. The third-order valence-corrected chi connectivity index (χ3v) is 3.24. The van der Waals surface area contributed by atoms with E-state index in [0.29, 0.717) is 15.3 Å². The predicted octanol–water partition coefficient (Wildman–Crippen LogP) is 0.949. The van der Waals surface area contributed by atoms with Gasteiger partial charge in [0.2, 0.25) is 0 Å². The molecule has 1 rings (SSSR count). The molecule has 1 aromatic carbocycles. The van der Waals surface area contributed by atoms with Crippen LogP contribution in [-0.2, 0) is 0 Å². The summed E-state index contributed by atoms with van der Waals surface area (Å²) in [7, 11) is -1.55. The molecule has 0 amide bonds. The van der Waals surface area contributed by atoms with Crippen LogP contribution in [0, 0.1) is 5.82 Å². The molecule has 0 aromatic heterocycles. The largest absolute Gasteiger partial charge is 0.488 e. The second-order valence-corrected chi connectivity index (χ2v) is 4.31. The zero-order chi connectivity index (χ0) is 10.7. The van der Waals surface area contributed by atoms with Crippen molar-refractivity contribution in [2.24, 2.45) is 0 Å². The molecule has 2 N–H and O–H groups in total. The van der Waals surface area contributed by atoms with Crippen LogP contribution in [0.1, 0.15) is 0 Å². The second kappa shape index (κ2) is 5.07. The fourth-order valence-corrected chi connectivity index (χ4v) is 2.19. The third kappa shape index (κ3) is 2.45. The summed E-state index contributed by atoms with van der Waals surface area (Å²) >= 11 is 2.49. The van der Waals surface area contributed by atoms with Crippen LogP contribution in [-0.4, -0.2) is 29.7 Å². The molecule has 14 heavy (non-hydrogen) atoms. The van der Waals surface area contributed by atoms with Crippen LogP contribution in [0.5, 0.6) is 0 Å². The van der Waals surface area contributed by atoms with Crippen molar-refractivity contribution in [2.75, 3.05) is 12.5 Å². The first-order chi connectivity index (χ1) is 6.60. The lowest BCUT2D eigenvalue weighted by molar-refractivity contribution is 0.425. The highest BCUT2D eigenvalue weighted by atomic mass is 32.2. The maximum atomic E-state index is 13.5.